The minimum Gasteiger partial charge on any atom is -0.481 e. The molecule has 0 aliphatic heterocycles. The monoisotopic (exact) mass is 335 g/mol. The third-order valence-corrected chi connectivity index (χ3v) is 3.56. The van der Waals surface area contributed by atoms with Crippen molar-refractivity contribution in [3.63, 3.8) is 0 Å². The lowest BCUT2D eigenvalue weighted by molar-refractivity contribution is -0.138. The zero-order valence-electron chi connectivity index (χ0n) is 19.3. The first kappa shape index (κ1) is 10.9. The van der Waals surface area contributed by atoms with Gasteiger partial charge in [-0.25, -0.2) is 0 Å². The van der Waals surface area contributed by atoms with Gasteiger partial charge < -0.3 is 15.3 Å². The van der Waals surface area contributed by atoms with Crippen LogP contribution in [0.3, 0.4) is 0 Å². The Morgan fingerprint density at radius 1 is 1.09 bits per heavy atom. The van der Waals surface area contributed by atoms with Crippen molar-refractivity contribution in [1.82, 2.24) is 0 Å². The van der Waals surface area contributed by atoms with Crippen LogP contribution in [0, 0.1) is 11.8 Å². The van der Waals surface area contributed by atoms with Crippen LogP contribution >= 0.6 is 0 Å². The van der Waals surface area contributed by atoms with Gasteiger partial charge in [0.15, 0.2) is 0 Å². The number of aliphatic hydroxyl groups excluding tert-OH is 1. The molecule has 23 heavy (non-hydrogen) atoms. The van der Waals surface area contributed by atoms with E-state index in [9.17, 15) is 24.3 Å². The smallest absolute Gasteiger partial charge is 0.303 e. The molecule has 0 aromatic rings. The molecular weight excluding hydrogens is 304 g/mol. The fraction of sp³-hybridized carbons (Fsp3) is 0.750. The van der Waals surface area contributed by atoms with Crippen LogP contribution in [0.1, 0.15) is 67.2 Å². The summed E-state index contributed by atoms with van der Waals surface area (Å²) in [6, 6.07) is 0. The Labute approximate surface area is 144 Å². The van der Waals surface area contributed by atoms with Gasteiger partial charge in [0, 0.05) is 47.6 Å². The molecule has 130 valence electrons. The fourth-order valence-corrected chi connectivity index (χ4v) is 2.51. The second-order valence-electron chi connectivity index (χ2n) is 5.24. The molecule has 7 nitrogen and oxygen atoms in total. The highest BCUT2D eigenvalue weighted by Crippen LogP contribution is 2.35. The Morgan fingerprint density at radius 3 is 2.39 bits per heavy atom. The van der Waals surface area contributed by atoms with Crippen molar-refractivity contribution in [1.29, 1.82) is 0 Å². The molecule has 0 radical (unpaired) electrons. The Kier molecular flexibility index (Phi) is 4.46. The van der Waals surface area contributed by atoms with Crippen LogP contribution in [0.5, 0.6) is 0 Å². The summed E-state index contributed by atoms with van der Waals surface area (Å²) < 4.78 is 53.4. The van der Waals surface area contributed by atoms with Crippen LogP contribution in [0.15, 0.2) is 0 Å². The third-order valence-electron chi connectivity index (χ3n) is 3.56. The number of aliphatic carboxylic acids is 2. The minimum absolute atomic E-state index is 0.137. The SMILES string of the molecule is [2H]C(CC(=O)CC([2H])([2H])C([2H])([2H])C([2H])([2H])C(=O)O)[C@H]1[C@H](O)CC(=O)[C@@H]1CCC(=O)O. The molecule has 0 bridgehead atoms. The van der Waals surface area contributed by atoms with Crippen LogP contribution in [0.4, 0.5) is 0 Å². The highest BCUT2D eigenvalue weighted by Gasteiger charge is 2.41. The summed E-state index contributed by atoms with van der Waals surface area (Å²) >= 11 is 0. The maximum Gasteiger partial charge on any atom is 0.303 e. The van der Waals surface area contributed by atoms with Gasteiger partial charge in [-0.1, -0.05) is 0 Å². The molecule has 0 aromatic carbocycles. The number of hydrogen-bond acceptors (Lipinski definition) is 5. The number of aliphatic hydroxyl groups is 1. The van der Waals surface area contributed by atoms with Crippen molar-refractivity contribution in [2.75, 3.05) is 0 Å². The second-order valence-corrected chi connectivity index (χ2v) is 5.24. The molecule has 1 saturated carbocycles. The molecule has 1 aliphatic carbocycles. The van der Waals surface area contributed by atoms with Gasteiger partial charge in [-0.2, -0.15) is 0 Å². The van der Waals surface area contributed by atoms with Crippen LogP contribution < -0.4 is 0 Å². The number of carbonyl (C=O) groups is 4. The lowest BCUT2D eigenvalue weighted by atomic mass is 9.85. The molecule has 7 heteroatoms. The second kappa shape index (κ2) is 9.39. The van der Waals surface area contributed by atoms with Gasteiger partial charge in [0.2, 0.25) is 0 Å². The molecular formula is C16H24O7. The van der Waals surface area contributed by atoms with Crippen molar-refractivity contribution in [3.8, 4) is 0 Å². The van der Waals surface area contributed by atoms with Crippen LogP contribution in [0.25, 0.3) is 0 Å². The molecule has 0 spiro atoms. The third kappa shape index (κ3) is 6.90. The molecule has 4 atom stereocenters. The number of hydrogen-bond donors (Lipinski definition) is 3. The van der Waals surface area contributed by atoms with E-state index >= 15 is 0 Å². The van der Waals surface area contributed by atoms with Crippen molar-refractivity contribution >= 4 is 23.5 Å². The van der Waals surface area contributed by atoms with Crippen molar-refractivity contribution in [2.24, 2.45) is 11.8 Å². The van der Waals surface area contributed by atoms with Gasteiger partial charge in [0.05, 0.1) is 6.10 Å². The normalized spacial score (nSPS) is 31.6. The number of ketones is 2. The highest BCUT2D eigenvalue weighted by atomic mass is 16.4. The van der Waals surface area contributed by atoms with Gasteiger partial charge in [0.1, 0.15) is 11.6 Å². The molecule has 3 N–H and O–H groups in total. The molecule has 0 amide bonds. The van der Waals surface area contributed by atoms with Crippen LogP contribution in [-0.4, -0.2) is 44.9 Å². The first-order valence-electron chi connectivity index (χ1n) is 10.6. The average molecular weight is 335 g/mol. The summed E-state index contributed by atoms with van der Waals surface area (Å²) in [5.41, 5.74) is 0. The van der Waals surface area contributed by atoms with Crippen molar-refractivity contribution in [2.45, 2.75) is 63.7 Å². The molecule has 1 fully saturated rings. The van der Waals surface area contributed by atoms with E-state index in [0.29, 0.717) is 0 Å². The fourth-order valence-electron chi connectivity index (χ4n) is 2.51. The predicted molar refractivity (Wildman–Crippen MR) is 79.8 cm³/mol. The van der Waals surface area contributed by atoms with Gasteiger partial charge in [-0.05, 0) is 31.5 Å². The summed E-state index contributed by atoms with van der Waals surface area (Å²) in [6.45, 7) is 0. The lowest BCUT2D eigenvalue weighted by Crippen LogP contribution is -2.22. The molecule has 1 rings (SSSR count). The van der Waals surface area contributed by atoms with E-state index in [0.717, 1.165) is 0 Å². The van der Waals surface area contributed by atoms with E-state index in [4.69, 9.17) is 19.8 Å². The first-order valence-corrected chi connectivity index (χ1v) is 7.05. The van der Waals surface area contributed by atoms with Crippen molar-refractivity contribution < 1.29 is 44.1 Å². The number of carboxylic acids is 2. The highest BCUT2D eigenvalue weighted by molar-refractivity contribution is 5.85. The molecule has 0 aromatic heterocycles. The van der Waals surface area contributed by atoms with Crippen LogP contribution in [0.2, 0.25) is 0 Å². The zero-order chi connectivity index (χ0) is 23.7. The molecule has 0 heterocycles. The number of carboxylic acid groups (broad SMARTS) is 2. The van der Waals surface area contributed by atoms with Crippen LogP contribution in [-0.2, 0) is 19.2 Å². The van der Waals surface area contributed by atoms with E-state index in [-0.39, 0.29) is 19.3 Å². The van der Waals surface area contributed by atoms with Gasteiger partial charge in [-0.15, -0.1) is 0 Å². The summed E-state index contributed by atoms with van der Waals surface area (Å²) in [5, 5.41) is 27.7. The van der Waals surface area contributed by atoms with Crippen molar-refractivity contribution in [3.05, 3.63) is 0 Å². The van der Waals surface area contributed by atoms with Gasteiger partial charge in [0.25, 0.3) is 0 Å². The largest absolute Gasteiger partial charge is 0.481 e. The topological polar surface area (TPSA) is 129 Å². The van der Waals surface area contributed by atoms with Gasteiger partial charge >= 0.3 is 11.9 Å². The Morgan fingerprint density at radius 2 is 1.78 bits per heavy atom. The number of rotatable bonds is 11. The van der Waals surface area contributed by atoms with Gasteiger partial charge in [-0.3, -0.25) is 19.2 Å². The molecule has 1 aliphatic rings. The average Bonchev–Trinajstić information content (AvgIpc) is 2.84. The molecule has 0 saturated heterocycles. The Hall–Kier alpha value is -1.76. The molecule has 1 unspecified atom stereocenters. The maximum atomic E-state index is 12.3. The Bertz CT molecular complexity index is 710. The van der Waals surface area contributed by atoms with E-state index in [1.807, 2.05) is 0 Å². The first-order chi connectivity index (χ1) is 13.5. The number of Topliss-reactive ketones (excluding diaryl/α,β-unsaturated/α-hetero) is 2. The van der Waals surface area contributed by atoms with E-state index in [2.05, 4.69) is 0 Å². The minimum atomic E-state index is -3.63. The standard InChI is InChI=1S/C16H24O7/c17-10(3-1-2-4-15(20)21)5-6-11-12(7-8-16(22)23)14(19)9-13(11)18/h11-13,18H,1-9H2,(H,20,21)(H,22,23)/t11-,12-,13-/m1/s1/i1D2,2D2,4D2,6D/t6?,11-,12-,13-. The quantitative estimate of drug-likeness (QED) is 0.520. The lowest BCUT2D eigenvalue weighted by Gasteiger charge is -2.20. The summed E-state index contributed by atoms with van der Waals surface area (Å²) in [6.07, 6.45) is -15.9. The predicted octanol–water partition coefficient (Wildman–Crippen LogP) is 1.41. The summed E-state index contributed by atoms with van der Waals surface area (Å²) in [7, 11) is 0. The van der Waals surface area contributed by atoms with E-state index < -0.39 is 79.8 Å². The van der Waals surface area contributed by atoms with E-state index in [1.165, 1.54) is 0 Å². The summed E-state index contributed by atoms with van der Waals surface area (Å²) in [5.74, 6) is -6.90. The zero-order valence-corrected chi connectivity index (χ0v) is 12.3. The number of carbonyl (C=O) groups excluding carboxylic acids is 2. The van der Waals surface area contributed by atoms with E-state index in [1.54, 1.807) is 0 Å². The maximum absolute atomic E-state index is 12.3. The Balaban J connectivity index is 2.91. The summed E-state index contributed by atoms with van der Waals surface area (Å²) in [4.78, 5) is 46.0.